The number of hydrogen-bond donors (Lipinski definition) is 1. The highest BCUT2D eigenvalue weighted by atomic mass is 16.4. The van der Waals surface area contributed by atoms with Crippen LogP contribution in [-0.2, 0) is 4.79 Å². The highest BCUT2D eigenvalue weighted by Gasteiger charge is 2.27. The molecule has 0 aromatic heterocycles. The van der Waals surface area contributed by atoms with E-state index in [9.17, 15) is 9.59 Å². The maximum absolute atomic E-state index is 12.2. The SMILES string of the molecule is CCC(C(=O)N(C)C(=O)O)c1ccccc1C(C)C. The molecule has 0 aliphatic rings. The third kappa shape index (κ3) is 3.34. The molecule has 4 heteroatoms. The van der Waals surface area contributed by atoms with Crippen molar-refractivity contribution in [3.63, 3.8) is 0 Å². The van der Waals surface area contributed by atoms with Crippen LogP contribution in [0.1, 0.15) is 50.2 Å². The van der Waals surface area contributed by atoms with Crippen molar-refractivity contribution in [1.82, 2.24) is 4.90 Å². The molecule has 0 saturated heterocycles. The number of benzene rings is 1. The molecule has 1 N–H and O–H groups in total. The van der Waals surface area contributed by atoms with Gasteiger partial charge in [-0.05, 0) is 23.5 Å². The van der Waals surface area contributed by atoms with E-state index in [0.29, 0.717) is 12.3 Å². The topological polar surface area (TPSA) is 57.6 Å². The maximum atomic E-state index is 12.2. The quantitative estimate of drug-likeness (QED) is 0.905. The zero-order valence-electron chi connectivity index (χ0n) is 11.9. The van der Waals surface area contributed by atoms with E-state index in [2.05, 4.69) is 13.8 Å². The van der Waals surface area contributed by atoms with Gasteiger partial charge in [-0.15, -0.1) is 0 Å². The Morgan fingerprint density at radius 3 is 2.16 bits per heavy atom. The van der Waals surface area contributed by atoms with Gasteiger partial charge in [0, 0.05) is 7.05 Å². The fourth-order valence-electron chi connectivity index (χ4n) is 2.21. The minimum absolute atomic E-state index is 0.299. The Hall–Kier alpha value is -1.84. The molecular weight excluding hydrogens is 242 g/mol. The summed E-state index contributed by atoms with van der Waals surface area (Å²) in [5, 5.41) is 8.93. The Balaban J connectivity index is 3.17. The highest BCUT2D eigenvalue weighted by Crippen LogP contribution is 2.29. The van der Waals surface area contributed by atoms with Crippen molar-refractivity contribution < 1.29 is 14.7 Å². The summed E-state index contributed by atoms with van der Waals surface area (Å²) >= 11 is 0. The summed E-state index contributed by atoms with van der Waals surface area (Å²) in [5.74, 6) is -0.476. The average molecular weight is 263 g/mol. The minimum Gasteiger partial charge on any atom is -0.465 e. The Kier molecular flexibility index (Phi) is 5.10. The van der Waals surface area contributed by atoms with Crippen LogP contribution in [0.4, 0.5) is 4.79 Å². The first-order valence-electron chi connectivity index (χ1n) is 6.49. The van der Waals surface area contributed by atoms with Gasteiger partial charge in [-0.25, -0.2) is 4.79 Å². The van der Waals surface area contributed by atoms with Gasteiger partial charge in [0.05, 0.1) is 5.92 Å². The van der Waals surface area contributed by atoms with Crippen molar-refractivity contribution in [2.45, 2.75) is 39.0 Å². The summed E-state index contributed by atoms with van der Waals surface area (Å²) in [6.07, 6.45) is -0.634. The molecule has 1 unspecified atom stereocenters. The summed E-state index contributed by atoms with van der Waals surface area (Å²) in [5.41, 5.74) is 2.03. The summed E-state index contributed by atoms with van der Waals surface area (Å²) < 4.78 is 0. The lowest BCUT2D eigenvalue weighted by Gasteiger charge is -2.23. The van der Waals surface area contributed by atoms with E-state index in [4.69, 9.17) is 5.11 Å². The second-order valence-corrected chi connectivity index (χ2v) is 4.92. The average Bonchev–Trinajstić information content (AvgIpc) is 2.38. The van der Waals surface area contributed by atoms with Gasteiger partial charge in [0.2, 0.25) is 5.91 Å². The Labute approximate surface area is 114 Å². The lowest BCUT2D eigenvalue weighted by molar-refractivity contribution is -0.129. The van der Waals surface area contributed by atoms with Crippen LogP contribution in [0, 0.1) is 0 Å². The van der Waals surface area contributed by atoms with Gasteiger partial charge < -0.3 is 5.11 Å². The summed E-state index contributed by atoms with van der Waals surface area (Å²) in [6, 6.07) is 7.74. The van der Waals surface area contributed by atoms with Crippen LogP contribution in [-0.4, -0.2) is 29.1 Å². The predicted molar refractivity (Wildman–Crippen MR) is 74.4 cm³/mol. The third-order valence-electron chi connectivity index (χ3n) is 3.32. The molecule has 104 valence electrons. The zero-order valence-corrected chi connectivity index (χ0v) is 11.9. The molecule has 0 spiro atoms. The maximum Gasteiger partial charge on any atom is 0.413 e. The van der Waals surface area contributed by atoms with Crippen molar-refractivity contribution in [3.8, 4) is 0 Å². The number of rotatable bonds is 4. The number of hydrogen-bond acceptors (Lipinski definition) is 2. The van der Waals surface area contributed by atoms with E-state index < -0.39 is 12.0 Å². The summed E-state index contributed by atoms with van der Waals surface area (Å²) in [7, 11) is 1.30. The van der Waals surface area contributed by atoms with E-state index >= 15 is 0 Å². The molecule has 0 aliphatic heterocycles. The number of amides is 2. The largest absolute Gasteiger partial charge is 0.465 e. The molecule has 0 aliphatic carbocycles. The molecule has 1 aromatic rings. The predicted octanol–water partition coefficient (Wildman–Crippen LogP) is 3.44. The molecular formula is C15H21NO3. The molecule has 1 rings (SSSR count). The van der Waals surface area contributed by atoms with Crippen LogP contribution in [0.3, 0.4) is 0 Å². The molecule has 1 aromatic carbocycles. The normalized spacial score (nSPS) is 12.3. The lowest BCUT2D eigenvalue weighted by atomic mass is 9.86. The molecule has 0 bridgehead atoms. The van der Waals surface area contributed by atoms with Crippen LogP contribution in [0.15, 0.2) is 24.3 Å². The Morgan fingerprint density at radius 2 is 1.74 bits per heavy atom. The van der Waals surface area contributed by atoms with Crippen LogP contribution in [0.5, 0.6) is 0 Å². The highest BCUT2D eigenvalue weighted by molar-refractivity contribution is 5.95. The van der Waals surface area contributed by atoms with E-state index in [0.717, 1.165) is 16.0 Å². The number of imide groups is 1. The van der Waals surface area contributed by atoms with Gasteiger partial charge in [-0.3, -0.25) is 9.69 Å². The van der Waals surface area contributed by atoms with Crippen LogP contribution in [0.2, 0.25) is 0 Å². The van der Waals surface area contributed by atoms with E-state index in [1.165, 1.54) is 7.05 Å². The monoisotopic (exact) mass is 263 g/mol. The zero-order chi connectivity index (χ0) is 14.6. The van der Waals surface area contributed by atoms with Gasteiger partial charge in [0.15, 0.2) is 0 Å². The summed E-state index contributed by atoms with van der Waals surface area (Å²) in [4.78, 5) is 23.9. The van der Waals surface area contributed by atoms with Crippen LogP contribution >= 0.6 is 0 Å². The van der Waals surface area contributed by atoms with Crippen molar-refractivity contribution in [3.05, 3.63) is 35.4 Å². The molecule has 19 heavy (non-hydrogen) atoms. The van der Waals surface area contributed by atoms with Crippen LogP contribution in [0.25, 0.3) is 0 Å². The fourth-order valence-corrected chi connectivity index (χ4v) is 2.21. The van der Waals surface area contributed by atoms with Crippen molar-refractivity contribution >= 4 is 12.0 Å². The summed E-state index contributed by atoms with van der Waals surface area (Å²) in [6.45, 7) is 6.03. The first-order valence-corrected chi connectivity index (χ1v) is 6.49. The van der Waals surface area contributed by atoms with Gasteiger partial charge in [0.25, 0.3) is 0 Å². The lowest BCUT2D eigenvalue weighted by Crippen LogP contribution is -2.36. The Bertz CT molecular complexity index is 468. The second-order valence-electron chi connectivity index (χ2n) is 4.92. The third-order valence-corrected chi connectivity index (χ3v) is 3.32. The first kappa shape index (κ1) is 15.2. The van der Waals surface area contributed by atoms with E-state index in [1.807, 2.05) is 31.2 Å². The van der Waals surface area contributed by atoms with E-state index in [1.54, 1.807) is 0 Å². The molecule has 2 amide bonds. The van der Waals surface area contributed by atoms with Crippen molar-refractivity contribution in [1.29, 1.82) is 0 Å². The van der Waals surface area contributed by atoms with Crippen molar-refractivity contribution in [2.24, 2.45) is 0 Å². The van der Waals surface area contributed by atoms with E-state index in [-0.39, 0.29) is 5.91 Å². The van der Waals surface area contributed by atoms with Crippen LogP contribution < -0.4 is 0 Å². The number of carbonyl (C=O) groups is 2. The molecule has 4 nitrogen and oxygen atoms in total. The van der Waals surface area contributed by atoms with Crippen molar-refractivity contribution in [2.75, 3.05) is 7.05 Å². The van der Waals surface area contributed by atoms with Gasteiger partial charge in [0.1, 0.15) is 0 Å². The smallest absolute Gasteiger partial charge is 0.413 e. The fraction of sp³-hybridized carbons (Fsp3) is 0.467. The minimum atomic E-state index is -1.22. The van der Waals surface area contributed by atoms with Gasteiger partial charge in [-0.1, -0.05) is 45.0 Å². The number of carbonyl (C=O) groups excluding carboxylic acids is 1. The molecule has 0 radical (unpaired) electrons. The number of carboxylic acid groups (broad SMARTS) is 1. The molecule has 0 saturated carbocycles. The molecule has 0 heterocycles. The number of likely N-dealkylation sites (N-methyl/N-ethyl adjacent to an activating group) is 1. The Morgan fingerprint density at radius 1 is 1.21 bits per heavy atom. The molecule has 1 atom stereocenters. The van der Waals surface area contributed by atoms with Gasteiger partial charge >= 0.3 is 6.09 Å². The number of nitrogens with zero attached hydrogens (tertiary/aromatic N) is 1. The standard InChI is InChI=1S/C15H21NO3/c1-5-11(14(17)16(4)15(18)19)13-9-7-6-8-12(13)10(2)3/h6-11H,5H2,1-4H3,(H,18,19). The first-order chi connectivity index (χ1) is 8.90. The second kappa shape index (κ2) is 6.36. The molecule has 0 fully saturated rings. The van der Waals surface area contributed by atoms with Gasteiger partial charge in [-0.2, -0.15) is 0 Å².